The number of benzene rings is 1. The third-order valence-electron chi connectivity index (χ3n) is 3.79. The van der Waals surface area contributed by atoms with E-state index < -0.39 is 17.2 Å². The molecule has 1 saturated heterocycles. The van der Waals surface area contributed by atoms with Crippen LogP contribution in [0.5, 0.6) is 0 Å². The summed E-state index contributed by atoms with van der Waals surface area (Å²) in [6.45, 7) is 3.10. The van der Waals surface area contributed by atoms with E-state index in [1.54, 1.807) is 0 Å². The maximum absolute atomic E-state index is 13.1. The third kappa shape index (κ3) is 3.15. The molecule has 1 unspecified atom stereocenters. The standard InChI is InChI=1S/C15H20F2N2O/c1-2-6-15(7-3-8-19-15)14(20)18-10-11-4-5-12(16)13(17)9-11/h4-5,9,19H,2-3,6-8,10H2,1H3,(H,18,20). The van der Waals surface area contributed by atoms with Crippen LogP contribution in [0.4, 0.5) is 8.78 Å². The van der Waals surface area contributed by atoms with Crippen molar-refractivity contribution < 1.29 is 13.6 Å². The monoisotopic (exact) mass is 282 g/mol. The Morgan fingerprint density at radius 3 is 2.80 bits per heavy atom. The molecule has 1 atom stereocenters. The van der Waals surface area contributed by atoms with Gasteiger partial charge in [-0.3, -0.25) is 4.79 Å². The van der Waals surface area contributed by atoms with Crippen LogP contribution in [0.15, 0.2) is 18.2 Å². The topological polar surface area (TPSA) is 41.1 Å². The molecule has 2 rings (SSSR count). The van der Waals surface area contributed by atoms with Crippen LogP contribution in [0.3, 0.4) is 0 Å². The zero-order valence-corrected chi connectivity index (χ0v) is 11.6. The third-order valence-corrected chi connectivity index (χ3v) is 3.79. The van der Waals surface area contributed by atoms with Crippen LogP contribution in [0.1, 0.15) is 38.2 Å². The summed E-state index contributed by atoms with van der Waals surface area (Å²) >= 11 is 0. The van der Waals surface area contributed by atoms with E-state index in [1.807, 2.05) is 6.92 Å². The lowest BCUT2D eigenvalue weighted by atomic mass is 9.91. The molecule has 110 valence electrons. The molecule has 0 saturated carbocycles. The lowest BCUT2D eigenvalue weighted by molar-refractivity contribution is -0.127. The van der Waals surface area contributed by atoms with Crippen molar-refractivity contribution in [1.82, 2.24) is 10.6 Å². The van der Waals surface area contributed by atoms with Gasteiger partial charge in [0.25, 0.3) is 0 Å². The lowest BCUT2D eigenvalue weighted by Gasteiger charge is -2.27. The molecule has 20 heavy (non-hydrogen) atoms. The second-order valence-corrected chi connectivity index (χ2v) is 5.29. The van der Waals surface area contributed by atoms with Gasteiger partial charge in [-0.2, -0.15) is 0 Å². The molecule has 3 nitrogen and oxygen atoms in total. The lowest BCUT2D eigenvalue weighted by Crippen LogP contribution is -2.53. The van der Waals surface area contributed by atoms with Gasteiger partial charge in [-0.25, -0.2) is 8.78 Å². The fraction of sp³-hybridized carbons (Fsp3) is 0.533. The van der Waals surface area contributed by atoms with E-state index in [9.17, 15) is 13.6 Å². The summed E-state index contributed by atoms with van der Waals surface area (Å²) in [7, 11) is 0. The molecular formula is C15H20F2N2O. The molecule has 1 aromatic rings. The highest BCUT2D eigenvalue weighted by atomic mass is 19.2. The zero-order valence-electron chi connectivity index (χ0n) is 11.6. The van der Waals surface area contributed by atoms with Crippen molar-refractivity contribution in [1.29, 1.82) is 0 Å². The molecule has 1 heterocycles. The molecule has 1 aliphatic rings. The summed E-state index contributed by atoms with van der Waals surface area (Å²) in [6.07, 6.45) is 3.52. The number of halogens is 2. The van der Waals surface area contributed by atoms with Crippen molar-refractivity contribution in [2.24, 2.45) is 0 Å². The van der Waals surface area contributed by atoms with E-state index in [1.165, 1.54) is 6.07 Å². The van der Waals surface area contributed by atoms with E-state index >= 15 is 0 Å². The fourth-order valence-corrected chi connectivity index (χ4v) is 2.75. The highest BCUT2D eigenvalue weighted by Gasteiger charge is 2.39. The number of hydrogen-bond acceptors (Lipinski definition) is 2. The van der Waals surface area contributed by atoms with Crippen LogP contribution >= 0.6 is 0 Å². The van der Waals surface area contributed by atoms with Crippen LogP contribution in [-0.2, 0) is 11.3 Å². The van der Waals surface area contributed by atoms with Gasteiger partial charge in [-0.1, -0.05) is 19.4 Å². The molecule has 1 aromatic carbocycles. The Morgan fingerprint density at radius 2 is 2.20 bits per heavy atom. The van der Waals surface area contributed by atoms with Gasteiger partial charge in [0.05, 0.1) is 5.54 Å². The van der Waals surface area contributed by atoms with Crippen LogP contribution in [0.25, 0.3) is 0 Å². The minimum absolute atomic E-state index is 0.0541. The maximum atomic E-state index is 13.1. The molecule has 2 N–H and O–H groups in total. The van der Waals surface area contributed by atoms with Crippen molar-refractivity contribution in [2.45, 2.75) is 44.7 Å². The first-order valence-electron chi connectivity index (χ1n) is 7.04. The summed E-state index contributed by atoms with van der Waals surface area (Å²) in [6, 6.07) is 3.67. The van der Waals surface area contributed by atoms with Gasteiger partial charge in [-0.05, 0) is 43.5 Å². The smallest absolute Gasteiger partial charge is 0.240 e. The second-order valence-electron chi connectivity index (χ2n) is 5.29. The quantitative estimate of drug-likeness (QED) is 0.871. The average molecular weight is 282 g/mol. The van der Waals surface area contributed by atoms with Crippen LogP contribution < -0.4 is 10.6 Å². The van der Waals surface area contributed by atoms with Gasteiger partial charge in [0, 0.05) is 6.54 Å². The summed E-state index contributed by atoms with van der Waals surface area (Å²) in [5, 5.41) is 6.10. The maximum Gasteiger partial charge on any atom is 0.240 e. The zero-order chi connectivity index (χ0) is 14.6. The highest BCUT2D eigenvalue weighted by molar-refractivity contribution is 5.86. The predicted molar refractivity (Wildman–Crippen MR) is 73.1 cm³/mol. The fourth-order valence-electron chi connectivity index (χ4n) is 2.75. The summed E-state index contributed by atoms with van der Waals surface area (Å²) in [5.74, 6) is -1.82. The first-order chi connectivity index (χ1) is 9.57. The molecule has 1 aliphatic heterocycles. The van der Waals surface area contributed by atoms with Gasteiger partial charge in [0.15, 0.2) is 11.6 Å². The summed E-state index contributed by atoms with van der Waals surface area (Å²) in [5.41, 5.74) is 0.0646. The van der Waals surface area contributed by atoms with Gasteiger partial charge in [-0.15, -0.1) is 0 Å². The van der Waals surface area contributed by atoms with Crippen molar-refractivity contribution in [2.75, 3.05) is 6.54 Å². The van der Waals surface area contributed by atoms with Gasteiger partial charge in [0.1, 0.15) is 0 Å². The second kappa shape index (κ2) is 6.31. The Hall–Kier alpha value is -1.49. The van der Waals surface area contributed by atoms with Crippen LogP contribution in [0.2, 0.25) is 0 Å². The minimum atomic E-state index is -0.890. The van der Waals surface area contributed by atoms with E-state index in [2.05, 4.69) is 10.6 Å². The van der Waals surface area contributed by atoms with Gasteiger partial charge >= 0.3 is 0 Å². The molecule has 5 heteroatoms. The normalized spacial score (nSPS) is 21.9. The number of rotatable bonds is 5. The van der Waals surface area contributed by atoms with Crippen LogP contribution in [-0.4, -0.2) is 18.0 Å². The Labute approximate surface area is 117 Å². The van der Waals surface area contributed by atoms with E-state index in [0.717, 1.165) is 44.4 Å². The Kier molecular flexibility index (Phi) is 4.70. The van der Waals surface area contributed by atoms with E-state index in [4.69, 9.17) is 0 Å². The van der Waals surface area contributed by atoms with Crippen molar-refractivity contribution in [3.8, 4) is 0 Å². The molecule has 0 bridgehead atoms. The number of carbonyl (C=O) groups excluding carboxylic acids is 1. The first kappa shape index (κ1) is 14.9. The van der Waals surface area contributed by atoms with Gasteiger partial charge < -0.3 is 10.6 Å². The number of amides is 1. The summed E-state index contributed by atoms with van der Waals surface area (Å²) < 4.78 is 25.9. The van der Waals surface area contributed by atoms with Gasteiger partial charge in [0.2, 0.25) is 5.91 Å². The Balaban J connectivity index is 1.98. The first-order valence-corrected chi connectivity index (χ1v) is 7.04. The number of nitrogens with one attached hydrogen (secondary N) is 2. The van der Waals surface area contributed by atoms with Crippen molar-refractivity contribution in [3.05, 3.63) is 35.4 Å². The molecule has 0 aliphatic carbocycles. The van der Waals surface area contributed by atoms with Crippen molar-refractivity contribution in [3.63, 3.8) is 0 Å². The largest absolute Gasteiger partial charge is 0.350 e. The van der Waals surface area contributed by atoms with Crippen LogP contribution in [0, 0.1) is 11.6 Å². The SMILES string of the molecule is CCCC1(C(=O)NCc2ccc(F)c(F)c2)CCCN1. The highest BCUT2D eigenvalue weighted by Crippen LogP contribution is 2.25. The molecule has 0 aromatic heterocycles. The number of hydrogen-bond donors (Lipinski definition) is 2. The average Bonchev–Trinajstić information content (AvgIpc) is 2.90. The minimum Gasteiger partial charge on any atom is -0.350 e. The molecule has 1 fully saturated rings. The van der Waals surface area contributed by atoms with E-state index in [0.29, 0.717) is 5.56 Å². The Bertz CT molecular complexity index is 485. The molecule has 0 radical (unpaired) electrons. The van der Waals surface area contributed by atoms with E-state index in [-0.39, 0.29) is 12.5 Å². The Morgan fingerprint density at radius 1 is 1.40 bits per heavy atom. The predicted octanol–water partition coefficient (Wildman–Crippen LogP) is 2.50. The van der Waals surface area contributed by atoms with Crippen molar-refractivity contribution >= 4 is 5.91 Å². The molecule has 1 amide bonds. The molecular weight excluding hydrogens is 262 g/mol. The molecule has 0 spiro atoms. The number of carbonyl (C=O) groups is 1. The summed E-state index contributed by atoms with van der Waals surface area (Å²) in [4.78, 5) is 12.3.